The Labute approximate surface area is 90.8 Å². The van der Waals surface area contributed by atoms with Crippen LogP contribution in [0.1, 0.15) is 18.1 Å². The van der Waals surface area contributed by atoms with Crippen molar-refractivity contribution in [3.05, 3.63) is 53.9 Å². The molecule has 1 heterocycles. The van der Waals surface area contributed by atoms with Gasteiger partial charge < -0.3 is 0 Å². The Morgan fingerprint density at radius 1 is 1.13 bits per heavy atom. The number of hydrogen-bond acceptors (Lipinski definition) is 1. The fourth-order valence-corrected chi connectivity index (χ4v) is 1.73. The van der Waals surface area contributed by atoms with Crippen molar-refractivity contribution >= 4 is 0 Å². The van der Waals surface area contributed by atoms with Crippen molar-refractivity contribution < 1.29 is 0 Å². The van der Waals surface area contributed by atoms with Gasteiger partial charge in [-0.1, -0.05) is 31.2 Å². The smallest absolute Gasteiger partial charge is 0.0346 e. The summed E-state index contributed by atoms with van der Waals surface area (Å²) in [5.74, 6) is 0. The second-order valence-electron chi connectivity index (χ2n) is 3.75. The molecule has 1 aromatic heterocycles. The minimum Gasteiger partial charge on any atom is -0.264 e. The third kappa shape index (κ3) is 2.07. The SMILES string of the molecule is CCc1cncc(-c2ccccc2C)c1. The molecule has 0 aliphatic carbocycles. The summed E-state index contributed by atoms with van der Waals surface area (Å²) in [4.78, 5) is 4.27. The number of benzene rings is 1. The van der Waals surface area contributed by atoms with Crippen LogP contribution in [-0.4, -0.2) is 4.98 Å². The number of pyridine rings is 1. The Balaban J connectivity index is 2.49. The number of aryl methyl sites for hydroxylation is 2. The highest BCUT2D eigenvalue weighted by molar-refractivity contribution is 5.66. The summed E-state index contributed by atoms with van der Waals surface area (Å²) < 4.78 is 0. The fourth-order valence-electron chi connectivity index (χ4n) is 1.73. The van der Waals surface area contributed by atoms with Crippen LogP contribution in [0.4, 0.5) is 0 Å². The summed E-state index contributed by atoms with van der Waals surface area (Å²) in [5.41, 5.74) is 5.08. The summed E-state index contributed by atoms with van der Waals surface area (Å²) in [5, 5.41) is 0. The summed E-state index contributed by atoms with van der Waals surface area (Å²) in [6, 6.07) is 10.6. The lowest BCUT2D eigenvalue weighted by Gasteiger charge is -2.06. The molecule has 0 aliphatic heterocycles. The van der Waals surface area contributed by atoms with Gasteiger partial charge in [0.1, 0.15) is 0 Å². The summed E-state index contributed by atoms with van der Waals surface area (Å²) >= 11 is 0. The van der Waals surface area contributed by atoms with Crippen molar-refractivity contribution in [2.45, 2.75) is 20.3 Å². The molecular weight excluding hydrogens is 182 g/mol. The number of hydrogen-bond donors (Lipinski definition) is 0. The van der Waals surface area contributed by atoms with Crippen molar-refractivity contribution in [3.63, 3.8) is 0 Å². The molecule has 2 aromatic rings. The fraction of sp³-hybridized carbons (Fsp3) is 0.214. The Bertz CT molecular complexity index is 460. The third-order valence-electron chi connectivity index (χ3n) is 2.66. The van der Waals surface area contributed by atoms with Crippen molar-refractivity contribution in [2.75, 3.05) is 0 Å². The van der Waals surface area contributed by atoms with E-state index in [1.807, 2.05) is 12.4 Å². The highest BCUT2D eigenvalue weighted by Gasteiger charge is 2.01. The van der Waals surface area contributed by atoms with Gasteiger partial charge in [-0.2, -0.15) is 0 Å². The molecule has 0 amide bonds. The van der Waals surface area contributed by atoms with E-state index in [9.17, 15) is 0 Å². The molecule has 1 nitrogen and oxygen atoms in total. The molecule has 1 aromatic carbocycles. The maximum atomic E-state index is 4.27. The molecular formula is C14H15N. The summed E-state index contributed by atoms with van der Waals surface area (Å²) in [6.07, 6.45) is 4.90. The van der Waals surface area contributed by atoms with Gasteiger partial charge in [0, 0.05) is 18.0 Å². The van der Waals surface area contributed by atoms with E-state index in [1.165, 1.54) is 22.3 Å². The molecule has 0 atom stereocenters. The Morgan fingerprint density at radius 2 is 1.93 bits per heavy atom. The van der Waals surface area contributed by atoms with Gasteiger partial charge in [0.2, 0.25) is 0 Å². The van der Waals surface area contributed by atoms with Crippen LogP contribution < -0.4 is 0 Å². The zero-order valence-electron chi connectivity index (χ0n) is 9.20. The van der Waals surface area contributed by atoms with E-state index < -0.39 is 0 Å². The average molecular weight is 197 g/mol. The number of aromatic nitrogens is 1. The summed E-state index contributed by atoms with van der Waals surface area (Å²) in [7, 11) is 0. The Morgan fingerprint density at radius 3 is 2.67 bits per heavy atom. The topological polar surface area (TPSA) is 12.9 Å². The van der Waals surface area contributed by atoms with Crippen LogP contribution in [0.25, 0.3) is 11.1 Å². The van der Waals surface area contributed by atoms with Crippen molar-refractivity contribution in [1.82, 2.24) is 4.98 Å². The molecule has 15 heavy (non-hydrogen) atoms. The molecule has 0 fully saturated rings. The monoisotopic (exact) mass is 197 g/mol. The standard InChI is InChI=1S/C14H15N/c1-3-12-8-13(10-15-9-12)14-7-5-4-6-11(14)2/h4-10H,3H2,1-2H3. The highest BCUT2D eigenvalue weighted by Crippen LogP contribution is 2.22. The van der Waals surface area contributed by atoms with Crippen LogP contribution in [0, 0.1) is 6.92 Å². The van der Waals surface area contributed by atoms with Gasteiger partial charge in [-0.15, -0.1) is 0 Å². The molecule has 0 saturated heterocycles. The van der Waals surface area contributed by atoms with Crippen LogP contribution in [0.5, 0.6) is 0 Å². The summed E-state index contributed by atoms with van der Waals surface area (Å²) in [6.45, 7) is 4.28. The van der Waals surface area contributed by atoms with Gasteiger partial charge >= 0.3 is 0 Å². The van der Waals surface area contributed by atoms with Gasteiger partial charge in [-0.3, -0.25) is 4.98 Å². The minimum absolute atomic E-state index is 1.03. The molecule has 2 rings (SSSR count). The van der Waals surface area contributed by atoms with E-state index in [2.05, 4.69) is 49.2 Å². The van der Waals surface area contributed by atoms with Gasteiger partial charge in [-0.05, 0) is 36.1 Å². The van der Waals surface area contributed by atoms with Crippen molar-refractivity contribution in [2.24, 2.45) is 0 Å². The predicted molar refractivity (Wildman–Crippen MR) is 63.8 cm³/mol. The largest absolute Gasteiger partial charge is 0.264 e. The molecule has 1 heteroatoms. The molecule has 0 unspecified atom stereocenters. The van der Waals surface area contributed by atoms with Gasteiger partial charge in [0.05, 0.1) is 0 Å². The van der Waals surface area contributed by atoms with E-state index in [-0.39, 0.29) is 0 Å². The number of nitrogens with zero attached hydrogens (tertiary/aromatic N) is 1. The van der Waals surface area contributed by atoms with Crippen LogP contribution in [-0.2, 0) is 6.42 Å². The second-order valence-corrected chi connectivity index (χ2v) is 3.75. The molecule has 0 N–H and O–H groups in total. The van der Waals surface area contributed by atoms with Crippen molar-refractivity contribution in [3.8, 4) is 11.1 Å². The normalized spacial score (nSPS) is 10.3. The maximum Gasteiger partial charge on any atom is 0.0346 e. The van der Waals surface area contributed by atoms with Crippen LogP contribution in [0.15, 0.2) is 42.7 Å². The predicted octanol–water partition coefficient (Wildman–Crippen LogP) is 3.62. The van der Waals surface area contributed by atoms with E-state index >= 15 is 0 Å². The van der Waals surface area contributed by atoms with Crippen LogP contribution in [0.3, 0.4) is 0 Å². The first kappa shape index (κ1) is 9.91. The zero-order chi connectivity index (χ0) is 10.7. The number of rotatable bonds is 2. The molecule has 0 bridgehead atoms. The second kappa shape index (κ2) is 4.26. The molecule has 76 valence electrons. The molecule has 0 radical (unpaired) electrons. The first-order valence-electron chi connectivity index (χ1n) is 5.31. The Kier molecular flexibility index (Phi) is 2.82. The first-order valence-corrected chi connectivity index (χ1v) is 5.31. The quantitative estimate of drug-likeness (QED) is 0.716. The van der Waals surface area contributed by atoms with Crippen LogP contribution >= 0.6 is 0 Å². The van der Waals surface area contributed by atoms with Gasteiger partial charge in [-0.25, -0.2) is 0 Å². The molecule has 0 saturated carbocycles. The van der Waals surface area contributed by atoms with E-state index in [0.717, 1.165) is 6.42 Å². The minimum atomic E-state index is 1.03. The molecule has 0 spiro atoms. The van der Waals surface area contributed by atoms with E-state index in [0.29, 0.717) is 0 Å². The highest BCUT2D eigenvalue weighted by atomic mass is 14.6. The van der Waals surface area contributed by atoms with E-state index in [4.69, 9.17) is 0 Å². The maximum absolute atomic E-state index is 4.27. The van der Waals surface area contributed by atoms with Crippen LogP contribution in [0.2, 0.25) is 0 Å². The van der Waals surface area contributed by atoms with Crippen molar-refractivity contribution in [1.29, 1.82) is 0 Å². The average Bonchev–Trinajstić information content (AvgIpc) is 2.30. The lowest BCUT2D eigenvalue weighted by Crippen LogP contribution is -1.87. The lowest BCUT2D eigenvalue weighted by atomic mass is 10.0. The van der Waals surface area contributed by atoms with E-state index in [1.54, 1.807) is 0 Å². The third-order valence-corrected chi connectivity index (χ3v) is 2.66. The first-order chi connectivity index (χ1) is 7.31. The molecule has 0 aliphatic rings. The Hall–Kier alpha value is -1.63. The van der Waals surface area contributed by atoms with Gasteiger partial charge in [0.25, 0.3) is 0 Å². The zero-order valence-corrected chi connectivity index (χ0v) is 9.20. The lowest BCUT2D eigenvalue weighted by molar-refractivity contribution is 1.10. The van der Waals surface area contributed by atoms with Gasteiger partial charge in [0.15, 0.2) is 0 Å².